The Morgan fingerprint density at radius 3 is 2.80 bits per heavy atom. The minimum absolute atomic E-state index is 0.0441. The molecule has 8 heteroatoms. The highest BCUT2D eigenvalue weighted by molar-refractivity contribution is 5.78. The van der Waals surface area contributed by atoms with Crippen LogP contribution in [0.25, 0.3) is 16.7 Å². The molecule has 1 amide bonds. The number of benzene rings is 1. The maximum Gasteiger partial charge on any atom is 0.263 e. The van der Waals surface area contributed by atoms with Crippen LogP contribution in [-0.2, 0) is 4.79 Å². The quantitative estimate of drug-likeness (QED) is 0.747. The Balaban J connectivity index is 1.69. The molecule has 1 unspecified atom stereocenters. The zero-order valence-corrected chi connectivity index (χ0v) is 13.8. The van der Waals surface area contributed by atoms with E-state index >= 15 is 0 Å². The predicted molar refractivity (Wildman–Crippen MR) is 93.8 cm³/mol. The number of anilines is 1. The third kappa shape index (κ3) is 2.86. The predicted octanol–water partition coefficient (Wildman–Crippen LogP) is 1.14. The number of carbonyl (C=O) groups excluding carboxylic acids is 1. The SMILES string of the molecule is CN1CCC(Nc2nc3c(cnn3-c3ccccc3)c(=O)[nH]2)CC1=O. The number of aromatic amines is 1. The Bertz CT molecular complexity index is 978. The smallest absolute Gasteiger partial charge is 0.263 e. The van der Waals surface area contributed by atoms with E-state index in [-0.39, 0.29) is 17.5 Å². The molecule has 4 rings (SSSR count). The summed E-state index contributed by atoms with van der Waals surface area (Å²) in [5.41, 5.74) is 1.06. The van der Waals surface area contributed by atoms with Crippen LogP contribution in [0.15, 0.2) is 41.3 Å². The van der Waals surface area contributed by atoms with Crippen LogP contribution >= 0.6 is 0 Å². The van der Waals surface area contributed by atoms with Gasteiger partial charge >= 0.3 is 0 Å². The van der Waals surface area contributed by atoms with Gasteiger partial charge in [-0.05, 0) is 18.6 Å². The monoisotopic (exact) mass is 338 g/mol. The van der Waals surface area contributed by atoms with Crippen LogP contribution in [-0.4, -0.2) is 50.2 Å². The summed E-state index contributed by atoms with van der Waals surface area (Å²) < 4.78 is 1.63. The van der Waals surface area contributed by atoms with Crippen molar-refractivity contribution in [3.05, 3.63) is 46.9 Å². The van der Waals surface area contributed by atoms with Gasteiger partial charge in [-0.25, -0.2) is 4.68 Å². The number of carbonyl (C=O) groups is 1. The molecule has 1 saturated heterocycles. The Kier molecular flexibility index (Phi) is 3.72. The van der Waals surface area contributed by atoms with Gasteiger partial charge in [-0.3, -0.25) is 14.6 Å². The van der Waals surface area contributed by atoms with Crippen LogP contribution in [0.5, 0.6) is 0 Å². The van der Waals surface area contributed by atoms with Crippen molar-refractivity contribution in [2.75, 3.05) is 18.9 Å². The first-order valence-electron chi connectivity index (χ1n) is 8.16. The molecule has 0 spiro atoms. The maximum atomic E-state index is 12.3. The second-order valence-electron chi connectivity index (χ2n) is 6.19. The summed E-state index contributed by atoms with van der Waals surface area (Å²) in [5, 5.41) is 7.88. The number of amides is 1. The number of aromatic nitrogens is 4. The number of hydrogen-bond acceptors (Lipinski definition) is 5. The molecule has 1 aliphatic heterocycles. The standard InChI is InChI=1S/C17H18N6O2/c1-22-8-7-11(9-14(22)24)19-17-20-15-13(16(25)21-17)10-18-23(15)12-5-3-2-4-6-12/h2-6,10-11H,7-9H2,1H3,(H2,19,20,21,25). The van der Waals surface area contributed by atoms with Gasteiger partial charge in [0, 0.05) is 26.1 Å². The van der Waals surface area contributed by atoms with E-state index in [1.165, 1.54) is 6.20 Å². The molecule has 128 valence electrons. The molecule has 1 aliphatic rings. The van der Waals surface area contributed by atoms with Crippen LogP contribution in [0, 0.1) is 0 Å². The summed E-state index contributed by atoms with van der Waals surface area (Å²) in [6.45, 7) is 0.685. The molecular weight excluding hydrogens is 320 g/mol. The zero-order chi connectivity index (χ0) is 17.4. The zero-order valence-electron chi connectivity index (χ0n) is 13.8. The molecule has 8 nitrogen and oxygen atoms in total. The van der Waals surface area contributed by atoms with E-state index < -0.39 is 0 Å². The minimum atomic E-state index is -0.256. The third-order valence-corrected chi connectivity index (χ3v) is 4.44. The highest BCUT2D eigenvalue weighted by Crippen LogP contribution is 2.17. The van der Waals surface area contributed by atoms with Gasteiger partial charge in [-0.2, -0.15) is 10.1 Å². The topological polar surface area (TPSA) is 95.9 Å². The second-order valence-corrected chi connectivity index (χ2v) is 6.19. The molecular formula is C17H18N6O2. The van der Waals surface area contributed by atoms with Crippen molar-refractivity contribution < 1.29 is 4.79 Å². The highest BCUT2D eigenvalue weighted by Gasteiger charge is 2.24. The molecule has 25 heavy (non-hydrogen) atoms. The van der Waals surface area contributed by atoms with E-state index in [1.807, 2.05) is 30.3 Å². The summed E-state index contributed by atoms with van der Waals surface area (Å²) in [6.07, 6.45) is 2.70. The lowest BCUT2D eigenvalue weighted by atomic mass is 10.1. The Morgan fingerprint density at radius 2 is 2.04 bits per heavy atom. The summed E-state index contributed by atoms with van der Waals surface area (Å²) in [6, 6.07) is 9.48. The number of piperidine rings is 1. The molecule has 2 N–H and O–H groups in total. The highest BCUT2D eigenvalue weighted by atomic mass is 16.2. The van der Waals surface area contributed by atoms with Crippen LogP contribution in [0.2, 0.25) is 0 Å². The van der Waals surface area contributed by atoms with Gasteiger partial charge in [-0.1, -0.05) is 18.2 Å². The summed E-state index contributed by atoms with van der Waals surface area (Å²) >= 11 is 0. The first-order chi connectivity index (χ1) is 12.1. The molecule has 2 aromatic heterocycles. The summed E-state index contributed by atoms with van der Waals surface area (Å²) in [7, 11) is 1.79. The number of nitrogens with one attached hydrogen (secondary N) is 2. The molecule has 0 saturated carbocycles. The van der Waals surface area contributed by atoms with Gasteiger partial charge < -0.3 is 10.2 Å². The average molecular weight is 338 g/mol. The maximum absolute atomic E-state index is 12.3. The molecule has 3 heterocycles. The number of rotatable bonds is 3. The van der Waals surface area contributed by atoms with Crippen molar-refractivity contribution in [1.29, 1.82) is 0 Å². The fourth-order valence-electron chi connectivity index (χ4n) is 3.00. The number of likely N-dealkylation sites (tertiary alicyclic amines) is 1. The van der Waals surface area contributed by atoms with Crippen LogP contribution in [0.1, 0.15) is 12.8 Å². The molecule has 1 fully saturated rings. The first kappa shape index (κ1) is 15.4. The van der Waals surface area contributed by atoms with E-state index in [0.29, 0.717) is 29.9 Å². The third-order valence-electron chi connectivity index (χ3n) is 4.44. The average Bonchev–Trinajstić information content (AvgIpc) is 3.03. The van der Waals surface area contributed by atoms with Gasteiger partial charge in [0.25, 0.3) is 5.56 Å². The Morgan fingerprint density at radius 1 is 1.24 bits per heavy atom. The van der Waals surface area contributed by atoms with Gasteiger partial charge in [0.05, 0.1) is 11.9 Å². The van der Waals surface area contributed by atoms with E-state index in [2.05, 4.69) is 20.4 Å². The van der Waals surface area contributed by atoms with Crippen molar-refractivity contribution >= 4 is 22.9 Å². The molecule has 0 radical (unpaired) electrons. The van der Waals surface area contributed by atoms with Crippen molar-refractivity contribution in [1.82, 2.24) is 24.6 Å². The second kappa shape index (κ2) is 6.04. The number of H-pyrrole nitrogens is 1. The fourth-order valence-corrected chi connectivity index (χ4v) is 3.00. The first-order valence-corrected chi connectivity index (χ1v) is 8.16. The van der Waals surface area contributed by atoms with E-state index in [1.54, 1.807) is 16.6 Å². The van der Waals surface area contributed by atoms with Crippen molar-refractivity contribution in [2.24, 2.45) is 0 Å². The largest absolute Gasteiger partial charge is 0.352 e. The van der Waals surface area contributed by atoms with Gasteiger partial charge in [0.1, 0.15) is 5.39 Å². The fraction of sp³-hybridized carbons (Fsp3) is 0.294. The molecule has 3 aromatic rings. The van der Waals surface area contributed by atoms with E-state index in [4.69, 9.17) is 0 Å². The van der Waals surface area contributed by atoms with Crippen LogP contribution in [0.3, 0.4) is 0 Å². The number of para-hydroxylation sites is 1. The van der Waals surface area contributed by atoms with Gasteiger partial charge in [0.15, 0.2) is 5.65 Å². The molecule has 0 bridgehead atoms. The lowest BCUT2D eigenvalue weighted by Crippen LogP contribution is -2.41. The van der Waals surface area contributed by atoms with Gasteiger partial charge in [0.2, 0.25) is 11.9 Å². The van der Waals surface area contributed by atoms with Gasteiger partial charge in [-0.15, -0.1) is 0 Å². The van der Waals surface area contributed by atoms with Crippen LogP contribution in [0.4, 0.5) is 5.95 Å². The molecule has 0 aliphatic carbocycles. The van der Waals surface area contributed by atoms with Crippen molar-refractivity contribution in [3.63, 3.8) is 0 Å². The van der Waals surface area contributed by atoms with E-state index in [9.17, 15) is 9.59 Å². The number of nitrogens with zero attached hydrogens (tertiary/aromatic N) is 4. The van der Waals surface area contributed by atoms with Crippen molar-refractivity contribution in [3.8, 4) is 5.69 Å². The minimum Gasteiger partial charge on any atom is -0.352 e. The Labute approximate surface area is 143 Å². The van der Waals surface area contributed by atoms with E-state index in [0.717, 1.165) is 12.1 Å². The Hall–Kier alpha value is -3.16. The lowest BCUT2D eigenvalue weighted by molar-refractivity contribution is -0.132. The molecule has 1 atom stereocenters. The number of hydrogen-bond donors (Lipinski definition) is 2. The van der Waals surface area contributed by atoms with Crippen molar-refractivity contribution in [2.45, 2.75) is 18.9 Å². The normalized spacial score (nSPS) is 17.9. The molecule has 1 aromatic carbocycles. The number of fused-ring (bicyclic) bond motifs is 1. The summed E-state index contributed by atoms with van der Waals surface area (Å²) in [4.78, 5) is 33.2. The lowest BCUT2D eigenvalue weighted by Gasteiger charge is -2.29. The van der Waals surface area contributed by atoms with Crippen LogP contribution < -0.4 is 10.9 Å². The summed E-state index contributed by atoms with van der Waals surface area (Å²) in [5.74, 6) is 0.444.